The third-order valence-corrected chi connectivity index (χ3v) is 4.55. The Labute approximate surface area is 182 Å². The fourth-order valence-electron chi connectivity index (χ4n) is 2.57. The van der Waals surface area contributed by atoms with Gasteiger partial charge in [-0.25, -0.2) is 0 Å². The molecule has 0 aliphatic heterocycles. The van der Waals surface area contributed by atoms with Crippen molar-refractivity contribution < 1.29 is 14.0 Å². The number of halogens is 2. The molecule has 0 unspecified atom stereocenters. The maximum absolute atomic E-state index is 12.2. The summed E-state index contributed by atoms with van der Waals surface area (Å²) in [4.78, 5) is 24.1. The molecule has 0 bridgehead atoms. The highest BCUT2D eigenvalue weighted by Gasteiger charge is 2.13. The van der Waals surface area contributed by atoms with E-state index in [-0.39, 0.29) is 17.8 Å². The quantitative estimate of drug-likeness (QED) is 0.346. The lowest BCUT2D eigenvalue weighted by Gasteiger charge is -2.06. The number of hydrogen-bond acceptors (Lipinski definition) is 4. The van der Waals surface area contributed by atoms with Crippen molar-refractivity contribution in [1.82, 2.24) is 10.9 Å². The first-order chi connectivity index (χ1) is 14.5. The largest absolute Gasteiger partial charge is 0.457 e. The number of amides is 2. The van der Waals surface area contributed by atoms with E-state index in [0.29, 0.717) is 21.4 Å². The predicted octanol–water partition coefficient (Wildman–Crippen LogP) is 4.55. The number of carbonyl (C=O) groups is 2. The smallest absolute Gasteiger partial charge is 0.280 e. The van der Waals surface area contributed by atoms with E-state index in [4.69, 9.17) is 27.6 Å². The van der Waals surface area contributed by atoms with Crippen molar-refractivity contribution in [3.63, 3.8) is 0 Å². The molecule has 2 amide bonds. The summed E-state index contributed by atoms with van der Waals surface area (Å²) in [6.07, 6.45) is 1.36. The van der Waals surface area contributed by atoms with Crippen LogP contribution in [0.4, 0.5) is 0 Å². The average Bonchev–Trinajstić information content (AvgIpc) is 3.19. The van der Waals surface area contributed by atoms with Crippen LogP contribution in [0, 0.1) is 11.3 Å². The monoisotopic (exact) mass is 439 g/mol. The van der Waals surface area contributed by atoms with Crippen LogP contribution < -0.4 is 10.9 Å². The van der Waals surface area contributed by atoms with Gasteiger partial charge < -0.3 is 4.42 Å². The topological polar surface area (TPSA) is 95.1 Å². The van der Waals surface area contributed by atoms with E-state index < -0.39 is 11.8 Å². The first-order valence-electron chi connectivity index (χ1n) is 8.76. The lowest BCUT2D eigenvalue weighted by Crippen LogP contribution is -2.42. The van der Waals surface area contributed by atoms with Crippen molar-refractivity contribution in [2.75, 3.05) is 0 Å². The van der Waals surface area contributed by atoms with Gasteiger partial charge in [-0.2, -0.15) is 5.26 Å². The molecule has 0 aliphatic rings. The van der Waals surface area contributed by atoms with E-state index in [1.165, 1.54) is 6.08 Å². The lowest BCUT2D eigenvalue weighted by molar-refractivity contribution is -0.126. The molecule has 6 nitrogen and oxygen atoms in total. The molecule has 2 N–H and O–H groups in total. The summed E-state index contributed by atoms with van der Waals surface area (Å²) in [6.45, 7) is 0. The second-order valence-corrected chi connectivity index (χ2v) is 7.00. The second kappa shape index (κ2) is 9.79. The molecule has 0 radical (unpaired) electrons. The van der Waals surface area contributed by atoms with E-state index in [1.54, 1.807) is 48.5 Å². The van der Waals surface area contributed by atoms with Gasteiger partial charge in [-0.1, -0.05) is 53.5 Å². The first kappa shape index (κ1) is 21.2. The summed E-state index contributed by atoms with van der Waals surface area (Å²) in [6, 6.07) is 19.1. The molecule has 0 aliphatic carbocycles. The SMILES string of the molecule is N#CC(=Cc1ccc(-c2ccc(Cl)cc2Cl)o1)C(=O)NNC(=O)Cc1ccccc1. The van der Waals surface area contributed by atoms with Crippen LogP contribution in [0.25, 0.3) is 17.4 Å². The Balaban J connectivity index is 1.65. The van der Waals surface area contributed by atoms with E-state index in [1.807, 2.05) is 18.2 Å². The number of hydrazine groups is 1. The Bertz CT molecular complexity index is 1150. The molecule has 3 rings (SSSR count). The summed E-state index contributed by atoms with van der Waals surface area (Å²) in [5.74, 6) is -0.444. The van der Waals surface area contributed by atoms with Gasteiger partial charge in [-0.15, -0.1) is 0 Å². The Kier molecular flexibility index (Phi) is 6.91. The van der Waals surface area contributed by atoms with E-state index >= 15 is 0 Å². The van der Waals surface area contributed by atoms with Crippen LogP contribution in [0.15, 0.2) is 70.7 Å². The van der Waals surface area contributed by atoms with Gasteiger partial charge in [0.05, 0.1) is 11.4 Å². The van der Waals surface area contributed by atoms with Gasteiger partial charge in [0.1, 0.15) is 23.2 Å². The van der Waals surface area contributed by atoms with E-state index in [2.05, 4.69) is 10.9 Å². The van der Waals surface area contributed by atoms with Gasteiger partial charge in [-0.05, 0) is 35.9 Å². The van der Waals surface area contributed by atoms with E-state index in [9.17, 15) is 14.9 Å². The molecule has 0 saturated heterocycles. The van der Waals surface area contributed by atoms with Crippen LogP contribution in [-0.2, 0) is 16.0 Å². The van der Waals surface area contributed by atoms with Crippen molar-refractivity contribution >= 4 is 41.1 Å². The molecule has 2 aromatic carbocycles. The molecule has 1 aromatic heterocycles. The number of hydrogen-bond donors (Lipinski definition) is 2. The fraction of sp³-hybridized carbons (Fsp3) is 0.0455. The number of benzene rings is 2. The van der Waals surface area contributed by atoms with Gasteiger partial charge >= 0.3 is 0 Å². The molecule has 0 atom stereocenters. The van der Waals surface area contributed by atoms with Crippen molar-refractivity contribution in [1.29, 1.82) is 5.26 Å². The zero-order valence-corrected chi connectivity index (χ0v) is 17.0. The van der Waals surface area contributed by atoms with Crippen molar-refractivity contribution in [2.24, 2.45) is 0 Å². The number of nitrogens with zero attached hydrogens (tertiary/aromatic N) is 1. The van der Waals surface area contributed by atoms with Crippen molar-refractivity contribution in [3.05, 3.63) is 87.6 Å². The molecular formula is C22H15Cl2N3O3. The lowest BCUT2D eigenvalue weighted by atomic mass is 10.1. The van der Waals surface area contributed by atoms with Crippen LogP contribution in [0.5, 0.6) is 0 Å². The van der Waals surface area contributed by atoms with Crippen LogP contribution in [0.1, 0.15) is 11.3 Å². The normalized spacial score (nSPS) is 10.9. The van der Waals surface area contributed by atoms with Crippen molar-refractivity contribution in [2.45, 2.75) is 6.42 Å². The highest BCUT2D eigenvalue weighted by atomic mass is 35.5. The number of rotatable bonds is 5. The summed E-state index contributed by atoms with van der Waals surface area (Å²) in [7, 11) is 0. The molecule has 0 spiro atoms. The average molecular weight is 440 g/mol. The fourth-order valence-corrected chi connectivity index (χ4v) is 3.08. The zero-order valence-electron chi connectivity index (χ0n) is 15.5. The number of nitrogens with one attached hydrogen (secondary N) is 2. The minimum atomic E-state index is -0.763. The summed E-state index contributed by atoms with van der Waals surface area (Å²) in [5.41, 5.74) is 5.69. The number of nitriles is 1. The number of furan rings is 1. The van der Waals surface area contributed by atoms with Gasteiger partial charge in [-0.3, -0.25) is 20.4 Å². The molecule has 30 heavy (non-hydrogen) atoms. The second-order valence-electron chi connectivity index (χ2n) is 6.16. The minimum absolute atomic E-state index is 0.0934. The number of carbonyl (C=O) groups excluding carboxylic acids is 2. The predicted molar refractivity (Wildman–Crippen MR) is 114 cm³/mol. The maximum Gasteiger partial charge on any atom is 0.280 e. The highest BCUT2D eigenvalue weighted by Crippen LogP contribution is 2.31. The molecule has 1 heterocycles. The molecule has 8 heteroatoms. The van der Waals surface area contributed by atoms with Crippen LogP contribution >= 0.6 is 23.2 Å². The van der Waals surface area contributed by atoms with Gasteiger partial charge in [0.25, 0.3) is 5.91 Å². The van der Waals surface area contributed by atoms with Gasteiger partial charge in [0, 0.05) is 16.7 Å². The third-order valence-electron chi connectivity index (χ3n) is 4.00. The minimum Gasteiger partial charge on any atom is -0.457 e. The highest BCUT2D eigenvalue weighted by molar-refractivity contribution is 6.36. The maximum atomic E-state index is 12.2. The Morgan fingerprint density at radius 2 is 1.80 bits per heavy atom. The standard InChI is InChI=1S/C22H15Cl2N3O3/c23-16-6-8-18(19(24)12-16)20-9-7-17(30-20)11-15(13-25)22(29)27-26-21(28)10-14-4-2-1-3-5-14/h1-9,11-12H,10H2,(H,26,28)(H,27,29). The molecule has 150 valence electrons. The van der Waals surface area contributed by atoms with Gasteiger partial charge in [0.2, 0.25) is 5.91 Å². The Hall–Kier alpha value is -3.53. The van der Waals surface area contributed by atoms with Gasteiger partial charge in [0.15, 0.2) is 0 Å². The van der Waals surface area contributed by atoms with E-state index in [0.717, 1.165) is 5.56 Å². The van der Waals surface area contributed by atoms with Crippen LogP contribution in [0.2, 0.25) is 10.0 Å². The molecular weight excluding hydrogens is 425 g/mol. The Morgan fingerprint density at radius 1 is 1.03 bits per heavy atom. The van der Waals surface area contributed by atoms with Crippen LogP contribution in [0.3, 0.4) is 0 Å². The van der Waals surface area contributed by atoms with Crippen molar-refractivity contribution in [3.8, 4) is 17.4 Å². The summed E-state index contributed by atoms with van der Waals surface area (Å²) < 4.78 is 5.66. The summed E-state index contributed by atoms with van der Waals surface area (Å²) >= 11 is 12.1. The summed E-state index contributed by atoms with van der Waals surface area (Å²) in [5, 5.41) is 10.2. The molecule has 0 saturated carbocycles. The molecule has 3 aromatic rings. The Morgan fingerprint density at radius 3 is 2.50 bits per heavy atom. The first-order valence-corrected chi connectivity index (χ1v) is 9.52. The zero-order chi connectivity index (χ0) is 21.5. The molecule has 0 fully saturated rings. The van der Waals surface area contributed by atoms with Crippen LogP contribution in [-0.4, -0.2) is 11.8 Å². The third kappa shape index (κ3) is 5.51.